The summed E-state index contributed by atoms with van der Waals surface area (Å²) in [6.07, 6.45) is 1.50. The van der Waals surface area contributed by atoms with Gasteiger partial charge in [0, 0.05) is 10.7 Å². The Morgan fingerprint density at radius 2 is 2.20 bits per heavy atom. The number of carbonyl (C=O) groups excluding carboxylic acids is 1. The van der Waals surface area contributed by atoms with E-state index in [-0.39, 0.29) is 17.1 Å². The molecule has 104 valence electrons. The molecule has 0 atom stereocenters. The molecule has 1 aromatic heterocycles. The first-order valence-electron chi connectivity index (χ1n) is 5.71. The van der Waals surface area contributed by atoms with Gasteiger partial charge < -0.3 is 10.7 Å². The van der Waals surface area contributed by atoms with Crippen molar-refractivity contribution in [1.82, 2.24) is 4.98 Å². The van der Waals surface area contributed by atoms with Gasteiger partial charge in [-0.3, -0.25) is 4.79 Å². The Kier molecular flexibility index (Phi) is 4.31. The smallest absolute Gasteiger partial charge is 0.259 e. The summed E-state index contributed by atoms with van der Waals surface area (Å²) in [5, 5.41) is 2.53. The largest absolute Gasteiger partial charge is 0.319 e. The number of aryl methyl sites for hydroxylation is 1. The number of aromatic nitrogens is 1. The van der Waals surface area contributed by atoms with E-state index in [1.807, 2.05) is 0 Å². The van der Waals surface area contributed by atoms with E-state index in [0.29, 0.717) is 10.0 Å². The average Bonchev–Trinajstić information content (AvgIpc) is 2.43. The van der Waals surface area contributed by atoms with E-state index in [9.17, 15) is 9.18 Å². The van der Waals surface area contributed by atoms with Crippen molar-refractivity contribution in [3.05, 3.63) is 51.9 Å². The molecule has 2 rings (SSSR count). The van der Waals surface area contributed by atoms with Crippen molar-refractivity contribution < 1.29 is 9.18 Å². The maximum absolute atomic E-state index is 13.7. The molecule has 0 aliphatic carbocycles. The highest BCUT2D eigenvalue weighted by Crippen LogP contribution is 2.22. The number of nitrogens with zero attached hydrogens (tertiary/aromatic N) is 1. The molecule has 4 N–H and O–H groups in total. The van der Waals surface area contributed by atoms with Gasteiger partial charge in [0.25, 0.3) is 5.91 Å². The summed E-state index contributed by atoms with van der Waals surface area (Å²) in [6.45, 7) is 1.71. The molecule has 0 unspecified atom stereocenters. The average molecular weight is 339 g/mol. The van der Waals surface area contributed by atoms with Gasteiger partial charge in [-0.25, -0.2) is 15.2 Å². The Morgan fingerprint density at radius 1 is 1.45 bits per heavy atom. The van der Waals surface area contributed by atoms with E-state index >= 15 is 0 Å². The maximum atomic E-state index is 13.7. The van der Waals surface area contributed by atoms with Crippen LogP contribution in [0.25, 0.3) is 0 Å². The maximum Gasteiger partial charge on any atom is 0.259 e. The quantitative estimate of drug-likeness (QED) is 0.593. The van der Waals surface area contributed by atoms with E-state index in [0.717, 1.165) is 0 Å². The lowest BCUT2D eigenvalue weighted by molar-refractivity contribution is 0.102. The molecule has 1 aromatic carbocycles. The Morgan fingerprint density at radius 3 is 2.85 bits per heavy atom. The van der Waals surface area contributed by atoms with Gasteiger partial charge in [0.1, 0.15) is 5.82 Å². The second kappa shape index (κ2) is 5.98. The van der Waals surface area contributed by atoms with Gasteiger partial charge in [0.15, 0.2) is 5.82 Å². The lowest BCUT2D eigenvalue weighted by Crippen LogP contribution is -2.19. The van der Waals surface area contributed by atoms with Crippen molar-refractivity contribution in [2.45, 2.75) is 6.92 Å². The minimum absolute atomic E-state index is 0.139. The van der Waals surface area contributed by atoms with Gasteiger partial charge in [-0.05, 0) is 40.5 Å². The Bertz CT molecular complexity index is 643. The van der Waals surface area contributed by atoms with Crippen LogP contribution in [-0.2, 0) is 0 Å². The van der Waals surface area contributed by atoms with Crippen molar-refractivity contribution in [3.8, 4) is 0 Å². The van der Waals surface area contributed by atoms with Crippen LogP contribution in [0.3, 0.4) is 0 Å². The minimum atomic E-state index is -0.500. The van der Waals surface area contributed by atoms with E-state index in [1.165, 1.54) is 12.3 Å². The molecule has 7 heteroatoms. The fraction of sp³-hybridized carbons (Fsp3) is 0.0769. The summed E-state index contributed by atoms with van der Waals surface area (Å²) in [5.41, 5.74) is 3.31. The second-order valence-corrected chi connectivity index (χ2v) is 5.00. The van der Waals surface area contributed by atoms with Crippen LogP contribution in [0.15, 0.2) is 34.9 Å². The van der Waals surface area contributed by atoms with Crippen LogP contribution < -0.4 is 16.6 Å². The summed E-state index contributed by atoms with van der Waals surface area (Å²) >= 11 is 3.22. The molecule has 20 heavy (non-hydrogen) atoms. The topological polar surface area (TPSA) is 80.0 Å². The van der Waals surface area contributed by atoms with Gasteiger partial charge >= 0.3 is 0 Å². The predicted molar refractivity (Wildman–Crippen MR) is 78.8 cm³/mol. The van der Waals surface area contributed by atoms with Crippen LogP contribution in [0.4, 0.5) is 15.9 Å². The van der Waals surface area contributed by atoms with Crippen molar-refractivity contribution in [2.24, 2.45) is 5.84 Å². The van der Waals surface area contributed by atoms with Crippen molar-refractivity contribution >= 4 is 33.3 Å². The number of nitrogens with one attached hydrogen (secondary N) is 2. The summed E-state index contributed by atoms with van der Waals surface area (Å²) in [5.74, 6) is 4.52. The zero-order valence-electron chi connectivity index (χ0n) is 10.6. The molecular formula is C13H12BrFN4O. The van der Waals surface area contributed by atoms with Crippen molar-refractivity contribution in [1.29, 1.82) is 0 Å². The fourth-order valence-corrected chi connectivity index (χ4v) is 2.03. The number of hydrogen-bond donors (Lipinski definition) is 3. The van der Waals surface area contributed by atoms with Crippen LogP contribution in [0.5, 0.6) is 0 Å². The molecule has 5 nitrogen and oxygen atoms in total. The lowest BCUT2D eigenvalue weighted by atomic mass is 10.1. The first-order valence-corrected chi connectivity index (χ1v) is 6.51. The van der Waals surface area contributed by atoms with Crippen LogP contribution in [0.2, 0.25) is 0 Å². The van der Waals surface area contributed by atoms with Gasteiger partial charge in [-0.1, -0.05) is 12.1 Å². The molecule has 0 fully saturated rings. The number of para-hydroxylation sites is 1. The Labute approximate surface area is 123 Å². The zero-order chi connectivity index (χ0) is 14.7. The normalized spacial score (nSPS) is 10.2. The number of hydrogen-bond acceptors (Lipinski definition) is 4. The van der Waals surface area contributed by atoms with Crippen LogP contribution in [0, 0.1) is 12.7 Å². The van der Waals surface area contributed by atoms with E-state index in [2.05, 4.69) is 31.7 Å². The number of benzene rings is 1. The summed E-state index contributed by atoms with van der Waals surface area (Å²) in [7, 11) is 0. The van der Waals surface area contributed by atoms with Crippen LogP contribution in [-0.4, -0.2) is 10.9 Å². The Balaban J connectivity index is 2.35. The molecule has 0 aliphatic rings. The molecule has 0 bridgehead atoms. The van der Waals surface area contributed by atoms with Crippen molar-refractivity contribution in [2.75, 3.05) is 10.7 Å². The number of halogens is 2. The third-order valence-corrected chi connectivity index (χ3v) is 3.13. The molecular weight excluding hydrogens is 327 g/mol. The fourth-order valence-electron chi connectivity index (χ4n) is 1.70. The van der Waals surface area contributed by atoms with Crippen LogP contribution >= 0.6 is 15.9 Å². The van der Waals surface area contributed by atoms with E-state index < -0.39 is 11.7 Å². The zero-order valence-corrected chi connectivity index (χ0v) is 12.2. The predicted octanol–water partition coefficient (Wildman–Crippen LogP) is 2.83. The molecule has 0 spiro atoms. The number of rotatable bonds is 3. The van der Waals surface area contributed by atoms with Gasteiger partial charge in [0.05, 0.1) is 11.3 Å². The lowest BCUT2D eigenvalue weighted by Gasteiger charge is -2.11. The summed E-state index contributed by atoms with van der Waals surface area (Å²) < 4.78 is 14.3. The monoisotopic (exact) mass is 338 g/mol. The summed E-state index contributed by atoms with van der Waals surface area (Å²) in [6, 6.07) is 6.12. The molecule has 0 saturated carbocycles. The van der Waals surface area contributed by atoms with Gasteiger partial charge in [-0.2, -0.15) is 0 Å². The van der Waals surface area contributed by atoms with Gasteiger partial charge in [0.2, 0.25) is 0 Å². The van der Waals surface area contributed by atoms with Crippen molar-refractivity contribution in [3.63, 3.8) is 0 Å². The number of nitrogen functional groups attached to an aromatic ring is 1. The van der Waals surface area contributed by atoms with Gasteiger partial charge in [-0.15, -0.1) is 0 Å². The molecule has 1 amide bonds. The molecule has 0 aliphatic heterocycles. The van der Waals surface area contributed by atoms with Crippen LogP contribution in [0.1, 0.15) is 15.9 Å². The first kappa shape index (κ1) is 14.4. The molecule has 0 radical (unpaired) electrons. The standard InChI is InChI=1S/C13H12BrFN4O/c1-7-3-2-4-10(15)11(7)18-13(20)9-5-8(14)6-17-12(9)19-16/h2-6H,16H2,1H3,(H,17,19)(H,18,20). The van der Waals surface area contributed by atoms with E-state index in [1.54, 1.807) is 25.1 Å². The minimum Gasteiger partial charge on any atom is -0.319 e. The van der Waals surface area contributed by atoms with E-state index in [4.69, 9.17) is 5.84 Å². The SMILES string of the molecule is Cc1cccc(F)c1NC(=O)c1cc(Br)cnc1NN. The molecule has 0 saturated heterocycles. The number of nitrogens with two attached hydrogens (primary N) is 1. The number of amides is 1. The Hall–Kier alpha value is -1.99. The number of anilines is 2. The highest BCUT2D eigenvalue weighted by Gasteiger charge is 2.16. The molecule has 1 heterocycles. The highest BCUT2D eigenvalue weighted by molar-refractivity contribution is 9.10. The number of hydrazine groups is 1. The highest BCUT2D eigenvalue weighted by atomic mass is 79.9. The number of pyridine rings is 1. The summed E-state index contributed by atoms with van der Waals surface area (Å²) in [4.78, 5) is 16.2. The first-order chi connectivity index (χ1) is 9.52. The third kappa shape index (κ3) is 2.94. The third-order valence-electron chi connectivity index (χ3n) is 2.70. The number of carbonyl (C=O) groups is 1. The second-order valence-electron chi connectivity index (χ2n) is 4.08. The molecule has 2 aromatic rings.